The molecule has 1 aliphatic heterocycles. The minimum absolute atomic E-state index is 0.220. The Morgan fingerprint density at radius 3 is 2.77 bits per heavy atom. The fourth-order valence-electron chi connectivity index (χ4n) is 2.72. The largest absolute Gasteiger partial charge is 0.502 e. The Hall–Kier alpha value is -3.55. The minimum Gasteiger partial charge on any atom is -0.502 e. The predicted octanol–water partition coefficient (Wildman–Crippen LogP) is 2.88. The highest BCUT2D eigenvalue weighted by atomic mass is 16.6. The van der Waals surface area contributed by atoms with Crippen LogP contribution in [-0.4, -0.2) is 34.4 Å². The van der Waals surface area contributed by atoms with Crippen LogP contribution in [0.5, 0.6) is 5.75 Å². The van der Waals surface area contributed by atoms with Crippen LogP contribution >= 0.6 is 0 Å². The van der Waals surface area contributed by atoms with Crippen LogP contribution in [0, 0.1) is 10.1 Å². The molecule has 0 saturated heterocycles. The van der Waals surface area contributed by atoms with Gasteiger partial charge in [0.2, 0.25) is 0 Å². The number of nitro groups is 1. The number of hydrogen-bond donors (Lipinski definition) is 1. The van der Waals surface area contributed by atoms with Crippen molar-refractivity contribution in [3.05, 3.63) is 63.7 Å². The number of nitro benzene ring substituents is 1. The Kier molecular flexibility index (Phi) is 4.74. The van der Waals surface area contributed by atoms with Crippen molar-refractivity contribution >= 4 is 29.2 Å². The summed E-state index contributed by atoms with van der Waals surface area (Å²) in [5, 5.41) is 28.3. The van der Waals surface area contributed by atoms with Gasteiger partial charge in [0.15, 0.2) is 11.5 Å². The lowest BCUT2D eigenvalue weighted by Gasteiger charge is -2.14. The van der Waals surface area contributed by atoms with E-state index < -0.39 is 16.4 Å². The lowest BCUT2D eigenvalue weighted by molar-refractivity contribution is -0.385. The second kappa shape index (κ2) is 7.14. The van der Waals surface area contributed by atoms with Gasteiger partial charge in [-0.3, -0.25) is 14.9 Å². The highest BCUT2D eigenvalue weighted by Crippen LogP contribution is 2.29. The van der Waals surface area contributed by atoms with Gasteiger partial charge in [-0.15, -0.1) is 5.10 Å². The first-order valence-corrected chi connectivity index (χ1v) is 8.02. The Bertz CT molecular complexity index is 937. The van der Waals surface area contributed by atoms with Crippen LogP contribution < -0.4 is 4.90 Å². The van der Waals surface area contributed by atoms with E-state index in [0.717, 1.165) is 12.1 Å². The van der Waals surface area contributed by atoms with Gasteiger partial charge in [0.1, 0.15) is 0 Å². The Balaban J connectivity index is 1.91. The molecule has 0 radical (unpaired) electrons. The maximum absolute atomic E-state index is 12.6. The number of para-hydroxylation sites is 1. The quantitative estimate of drug-likeness (QED) is 0.507. The second-order valence-electron chi connectivity index (χ2n) is 5.67. The van der Waals surface area contributed by atoms with Crippen LogP contribution in [0.15, 0.2) is 52.7 Å². The molecule has 0 unspecified atom stereocenters. The first kappa shape index (κ1) is 17.3. The highest BCUT2D eigenvalue weighted by Gasteiger charge is 2.33. The van der Waals surface area contributed by atoms with E-state index in [1.807, 2.05) is 31.2 Å². The molecule has 3 rings (SSSR count). The van der Waals surface area contributed by atoms with Gasteiger partial charge in [-0.05, 0) is 24.6 Å². The molecular formula is C18H16N4O4. The van der Waals surface area contributed by atoms with Gasteiger partial charge in [0.05, 0.1) is 16.8 Å². The summed E-state index contributed by atoms with van der Waals surface area (Å²) in [5.74, 6) is -0.643. The summed E-state index contributed by atoms with van der Waals surface area (Å²) in [4.78, 5) is 24.4. The molecule has 0 aliphatic carbocycles. The summed E-state index contributed by atoms with van der Waals surface area (Å²) in [5.41, 5.74) is 1.72. The first-order chi connectivity index (χ1) is 12.5. The van der Waals surface area contributed by atoms with E-state index in [0.29, 0.717) is 17.7 Å². The molecule has 26 heavy (non-hydrogen) atoms. The standard InChI is InChI=1S/C18H16N4O4/c1-2-9-21-14-6-4-3-5-13(14)17(18(21)24)20-19-11-12-7-8-16(23)15(10-12)22(25)26/h3-8,10-11,23H,2,9H2,1H3/b19-11+,20-17+. The zero-order valence-corrected chi connectivity index (χ0v) is 14.0. The number of carbonyl (C=O) groups is 1. The molecule has 0 aromatic heterocycles. The normalized spacial score (nSPS) is 15.0. The molecule has 1 heterocycles. The van der Waals surface area contributed by atoms with Gasteiger partial charge >= 0.3 is 5.69 Å². The van der Waals surface area contributed by atoms with E-state index in [-0.39, 0.29) is 11.6 Å². The Labute approximate surface area is 149 Å². The fraction of sp³-hybridized carbons (Fsp3) is 0.167. The van der Waals surface area contributed by atoms with E-state index in [1.165, 1.54) is 24.4 Å². The summed E-state index contributed by atoms with van der Waals surface area (Å²) >= 11 is 0. The van der Waals surface area contributed by atoms with Crippen molar-refractivity contribution in [3.8, 4) is 5.75 Å². The Morgan fingerprint density at radius 1 is 1.27 bits per heavy atom. The smallest absolute Gasteiger partial charge is 0.311 e. The van der Waals surface area contributed by atoms with Gasteiger partial charge < -0.3 is 10.0 Å². The van der Waals surface area contributed by atoms with E-state index in [4.69, 9.17) is 0 Å². The SMILES string of the molecule is CCCN1C(=O)/C(=N/N=C/c2ccc(O)c([N+](=O)[O-])c2)c2ccccc21. The van der Waals surface area contributed by atoms with Crippen molar-refractivity contribution in [2.24, 2.45) is 10.2 Å². The molecule has 8 nitrogen and oxygen atoms in total. The number of aromatic hydroxyl groups is 1. The summed E-state index contributed by atoms with van der Waals surface area (Å²) in [6.45, 7) is 2.57. The topological polar surface area (TPSA) is 108 Å². The number of phenols is 1. The van der Waals surface area contributed by atoms with Gasteiger partial charge in [-0.25, -0.2) is 0 Å². The van der Waals surface area contributed by atoms with Crippen LogP contribution in [-0.2, 0) is 4.79 Å². The number of anilines is 1. The van der Waals surface area contributed by atoms with E-state index in [1.54, 1.807) is 4.90 Å². The fourth-order valence-corrected chi connectivity index (χ4v) is 2.72. The summed E-state index contributed by atoms with van der Waals surface area (Å²) in [6.07, 6.45) is 2.12. The molecule has 0 spiro atoms. The number of amides is 1. The number of hydrogen-bond acceptors (Lipinski definition) is 6. The van der Waals surface area contributed by atoms with Gasteiger partial charge in [-0.2, -0.15) is 5.10 Å². The zero-order valence-electron chi connectivity index (χ0n) is 14.0. The highest BCUT2D eigenvalue weighted by molar-refractivity contribution is 6.54. The Morgan fingerprint density at radius 2 is 2.04 bits per heavy atom. The third kappa shape index (κ3) is 3.16. The average molecular weight is 352 g/mol. The summed E-state index contributed by atoms with van der Waals surface area (Å²) in [7, 11) is 0. The van der Waals surface area contributed by atoms with Crippen molar-refractivity contribution in [1.29, 1.82) is 0 Å². The van der Waals surface area contributed by atoms with E-state index >= 15 is 0 Å². The number of carbonyl (C=O) groups excluding carboxylic acids is 1. The minimum atomic E-state index is -0.683. The first-order valence-electron chi connectivity index (χ1n) is 8.02. The molecule has 8 heteroatoms. The number of nitrogens with zero attached hydrogens (tertiary/aromatic N) is 4. The third-order valence-corrected chi connectivity index (χ3v) is 3.91. The van der Waals surface area contributed by atoms with Gasteiger partial charge in [0, 0.05) is 23.7 Å². The number of fused-ring (bicyclic) bond motifs is 1. The van der Waals surface area contributed by atoms with Crippen LogP contribution in [0.1, 0.15) is 24.5 Å². The molecule has 1 aliphatic rings. The van der Waals surface area contributed by atoms with Crippen molar-refractivity contribution in [2.75, 3.05) is 11.4 Å². The lowest BCUT2D eigenvalue weighted by Crippen LogP contribution is -2.30. The van der Waals surface area contributed by atoms with Crippen molar-refractivity contribution in [2.45, 2.75) is 13.3 Å². The molecule has 0 bridgehead atoms. The molecule has 2 aromatic rings. The van der Waals surface area contributed by atoms with Crippen molar-refractivity contribution in [1.82, 2.24) is 0 Å². The maximum atomic E-state index is 12.6. The predicted molar refractivity (Wildman–Crippen MR) is 98.0 cm³/mol. The van der Waals surface area contributed by atoms with Crippen LogP contribution in [0.3, 0.4) is 0 Å². The van der Waals surface area contributed by atoms with Crippen LogP contribution in [0.2, 0.25) is 0 Å². The molecule has 2 aromatic carbocycles. The monoisotopic (exact) mass is 352 g/mol. The van der Waals surface area contributed by atoms with Gasteiger partial charge in [0.25, 0.3) is 5.91 Å². The molecular weight excluding hydrogens is 336 g/mol. The van der Waals surface area contributed by atoms with Crippen molar-refractivity contribution < 1.29 is 14.8 Å². The molecule has 1 N–H and O–H groups in total. The lowest BCUT2D eigenvalue weighted by atomic mass is 10.1. The molecule has 1 amide bonds. The van der Waals surface area contributed by atoms with Crippen molar-refractivity contribution in [3.63, 3.8) is 0 Å². The molecule has 132 valence electrons. The number of benzene rings is 2. The second-order valence-corrected chi connectivity index (χ2v) is 5.67. The van der Waals surface area contributed by atoms with E-state index in [9.17, 15) is 20.0 Å². The van der Waals surface area contributed by atoms with Crippen LogP contribution in [0.25, 0.3) is 0 Å². The number of rotatable bonds is 5. The third-order valence-electron chi connectivity index (χ3n) is 3.91. The van der Waals surface area contributed by atoms with E-state index in [2.05, 4.69) is 10.2 Å². The average Bonchev–Trinajstić information content (AvgIpc) is 2.89. The summed E-state index contributed by atoms with van der Waals surface area (Å²) in [6, 6.07) is 11.2. The summed E-state index contributed by atoms with van der Waals surface area (Å²) < 4.78 is 0. The van der Waals surface area contributed by atoms with Gasteiger partial charge in [-0.1, -0.05) is 25.1 Å². The zero-order chi connectivity index (χ0) is 18.7. The molecule has 0 fully saturated rings. The molecule has 0 atom stereocenters. The number of phenolic OH excluding ortho intramolecular Hbond substituents is 1. The maximum Gasteiger partial charge on any atom is 0.311 e. The van der Waals surface area contributed by atoms with Crippen LogP contribution in [0.4, 0.5) is 11.4 Å². The molecule has 0 saturated carbocycles.